The Morgan fingerprint density at radius 1 is 1.03 bits per heavy atom. The summed E-state index contributed by atoms with van der Waals surface area (Å²) >= 11 is 0. The first-order valence-corrected chi connectivity index (χ1v) is 11.8. The Morgan fingerprint density at radius 3 is 2.29 bits per heavy atom. The van der Waals surface area contributed by atoms with E-state index in [4.69, 9.17) is 9.47 Å². The summed E-state index contributed by atoms with van der Waals surface area (Å²) in [6, 6.07) is 12.9. The van der Waals surface area contributed by atoms with Crippen LogP contribution in [0, 0.1) is 6.92 Å². The molecule has 0 spiro atoms. The van der Waals surface area contributed by atoms with Gasteiger partial charge >= 0.3 is 6.09 Å². The molecular formula is C26H29N3O5. The van der Waals surface area contributed by atoms with Gasteiger partial charge in [-0.25, -0.2) is 4.79 Å². The number of imide groups is 1. The summed E-state index contributed by atoms with van der Waals surface area (Å²) in [6.07, 6.45) is 3.63. The Morgan fingerprint density at radius 2 is 1.68 bits per heavy atom. The quantitative estimate of drug-likeness (QED) is 0.669. The topological polar surface area (TPSA) is 88.2 Å². The van der Waals surface area contributed by atoms with Crippen LogP contribution in [0.1, 0.15) is 58.4 Å². The van der Waals surface area contributed by atoms with E-state index in [1.54, 1.807) is 31.4 Å². The third kappa shape index (κ3) is 4.14. The number of anilines is 1. The highest BCUT2D eigenvalue weighted by molar-refractivity contribution is 6.21. The molecule has 0 radical (unpaired) electrons. The van der Waals surface area contributed by atoms with Crippen molar-refractivity contribution in [3.8, 4) is 5.75 Å². The average Bonchev–Trinajstić information content (AvgIpc) is 3.04. The van der Waals surface area contributed by atoms with Crippen molar-refractivity contribution in [2.45, 2.75) is 57.2 Å². The van der Waals surface area contributed by atoms with Gasteiger partial charge < -0.3 is 9.47 Å². The van der Waals surface area contributed by atoms with Crippen molar-refractivity contribution in [2.24, 2.45) is 0 Å². The number of benzene rings is 2. The fourth-order valence-electron chi connectivity index (χ4n) is 5.50. The van der Waals surface area contributed by atoms with Gasteiger partial charge in [0.15, 0.2) is 0 Å². The minimum atomic E-state index is -0.499. The highest BCUT2D eigenvalue weighted by Crippen LogP contribution is 2.37. The normalized spacial score (nSPS) is 24.1. The molecule has 34 heavy (non-hydrogen) atoms. The lowest BCUT2D eigenvalue weighted by molar-refractivity contribution is -0.0465. The van der Waals surface area contributed by atoms with Crippen LogP contribution in [0.5, 0.6) is 5.75 Å². The molecule has 2 saturated heterocycles. The van der Waals surface area contributed by atoms with E-state index in [9.17, 15) is 14.4 Å². The van der Waals surface area contributed by atoms with Crippen LogP contribution in [0.25, 0.3) is 0 Å². The third-order valence-corrected chi connectivity index (χ3v) is 7.13. The van der Waals surface area contributed by atoms with Crippen molar-refractivity contribution in [3.05, 3.63) is 59.2 Å². The number of carbonyl (C=O) groups excluding carboxylic acids is 3. The number of methoxy groups -OCH3 is 1. The molecule has 2 aromatic carbocycles. The lowest BCUT2D eigenvalue weighted by atomic mass is 9.83. The third-order valence-electron chi connectivity index (χ3n) is 7.13. The van der Waals surface area contributed by atoms with Gasteiger partial charge in [0.1, 0.15) is 11.9 Å². The summed E-state index contributed by atoms with van der Waals surface area (Å²) in [4.78, 5) is 42.0. The smallest absolute Gasteiger partial charge is 0.412 e. The van der Waals surface area contributed by atoms with Gasteiger partial charge in [0, 0.05) is 24.9 Å². The number of aryl methyl sites for hydroxylation is 1. The van der Waals surface area contributed by atoms with E-state index in [-0.39, 0.29) is 36.7 Å². The van der Waals surface area contributed by atoms with Gasteiger partial charge in [0.2, 0.25) is 0 Å². The zero-order valence-corrected chi connectivity index (χ0v) is 19.5. The van der Waals surface area contributed by atoms with Gasteiger partial charge in [-0.3, -0.25) is 24.7 Å². The standard InChI is InChI=1S/C26H29N3O5/c1-16-10-11-23(33-2)22(12-16)27-26(32)34-19-13-17-6-5-7-18(14-19)28(17)15-29-24(30)20-8-3-4-9-21(20)25(29)31/h3-4,8-12,17-19H,5-7,13-15H2,1-2H3,(H,27,32). The number of hydrogen-bond acceptors (Lipinski definition) is 6. The van der Waals surface area contributed by atoms with Crippen LogP contribution in [0.4, 0.5) is 10.5 Å². The van der Waals surface area contributed by atoms with Crippen molar-refractivity contribution >= 4 is 23.6 Å². The molecule has 0 aromatic heterocycles. The predicted octanol–water partition coefficient (Wildman–Crippen LogP) is 4.19. The molecule has 2 unspecified atom stereocenters. The summed E-state index contributed by atoms with van der Waals surface area (Å²) in [5.74, 6) is 0.113. The van der Waals surface area contributed by atoms with Gasteiger partial charge in [0.05, 0.1) is 30.6 Å². The Kier molecular flexibility index (Phi) is 6.00. The van der Waals surface area contributed by atoms with Gasteiger partial charge in [-0.2, -0.15) is 0 Å². The minimum absolute atomic E-state index is 0.156. The average molecular weight is 464 g/mol. The first kappa shape index (κ1) is 22.4. The number of rotatable bonds is 5. The molecule has 178 valence electrons. The summed E-state index contributed by atoms with van der Waals surface area (Å²) < 4.78 is 11.1. The minimum Gasteiger partial charge on any atom is -0.495 e. The molecule has 8 nitrogen and oxygen atoms in total. The van der Waals surface area contributed by atoms with Gasteiger partial charge in [-0.15, -0.1) is 0 Å². The summed E-state index contributed by atoms with van der Waals surface area (Å²) in [6.45, 7) is 2.22. The van der Waals surface area contributed by atoms with Crippen LogP contribution in [0.15, 0.2) is 42.5 Å². The number of piperidine rings is 2. The second kappa shape index (κ2) is 9.10. The predicted molar refractivity (Wildman–Crippen MR) is 126 cm³/mol. The van der Waals surface area contributed by atoms with Crippen LogP contribution in [-0.4, -0.2) is 59.7 Å². The largest absolute Gasteiger partial charge is 0.495 e. The number of ether oxygens (including phenoxy) is 2. The first-order chi connectivity index (χ1) is 16.4. The van der Waals surface area contributed by atoms with E-state index in [0.717, 1.165) is 24.8 Å². The Bertz CT molecular complexity index is 1080. The molecule has 3 aliphatic heterocycles. The molecule has 2 atom stereocenters. The SMILES string of the molecule is COc1ccc(C)cc1NC(=O)OC1CC2CCCC(C1)N2CN1C(=O)c2ccccc2C1=O. The molecule has 1 N–H and O–H groups in total. The van der Waals surface area contributed by atoms with E-state index in [0.29, 0.717) is 35.4 Å². The first-order valence-electron chi connectivity index (χ1n) is 11.8. The lowest BCUT2D eigenvalue weighted by Gasteiger charge is -2.49. The van der Waals surface area contributed by atoms with Gasteiger partial charge in [0.25, 0.3) is 11.8 Å². The molecule has 0 saturated carbocycles. The second-order valence-corrected chi connectivity index (χ2v) is 9.31. The van der Waals surface area contributed by atoms with E-state index >= 15 is 0 Å². The maximum atomic E-state index is 12.9. The second-order valence-electron chi connectivity index (χ2n) is 9.31. The summed E-state index contributed by atoms with van der Waals surface area (Å²) in [7, 11) is 1.56. The van der Waals surface area contributed by atoms with Crippen LogP contribution < -0.4 is 10.1 Å². The molecule has 2 aromatic rings. The zero-order valence-electron chi connectivity index (χ0n) is 19.5. The summed E-state index contributed by atoms with van der Waals surface area (Å²) in [5.41, 5.74) is 2.53. The lowest BCUT2D eigenvalue weighted by Crippen LogP contribution is -2.58. The zero-order chi connectivity index (χ0) is 23.8. The van der Waals surface area contributed by atoms with Crippen molar-refractivity contribution in [2.75, 3.05) is 19.1 Å². The molecule has 5 rings (SSSR count). The molecule has 0 aliphatic carbocycles. The molecule has 8 heteroatoms. The Hall–Kier alpha value is -3.39. The van der Waals surface area contributed by atoms with E-state index < -0.39 is 6.09 Å². The van der Waals surface area contributed by atoms with Crippen LogP contribution in [-0.2, 0) is 4.74 Å². The van der Waals surface area contributed by atoms with E-state index in [1.165, 1.54) is 4.90 Å². The van der Waals surface area contributed by atoms with E-state index in [2.05, 4.69) is 10.2 Å². The monoisotopic (exact) mass is 463 g/mol. The highest BCUT2D eigenvalue weighted by Gasteiger charge is 2.43. The van der Waals surface area contributed by atoms with Crippen LogP contribution in [0.2, 0.25) is 0 Å². The maximum Gasteiger partial charge on any atom is 0.412 e. The van der Waals surface area contributed by atoms with Crippen molar-refractivity contribution in [1.82, 2.24) is 9.80 Å². The van der Waals surface area contributed by atoms with Crippen LogP contribution in [0.3, 0.4) is 0 Å². The number of fused-ring (bicyclic) bond motifs is 3. The Labute approximate surface area is 198 Å². The van der Waals surface area contributed by atoms with Crippen molar-refractivity contribution in [3.63, 3.8) is 0 Å². The number of hydrogen-bond donors (Lipinski definition) is 1. The van der Waals surface area contributed by atoms with Gasteiger partial charge in [-0.05, 0) is 49.6 Å². The molecule has 3 amide bonds. The van der Waals surface area contributed by atoms with E-state index in [1.807, 2.05) is 25.1 Å². The molecule has 2 fully saturated rings. The molecule has 3 heterocycles. The fourth-order valence-corrected chi connectivity index (χ4v) is 5.50. The number of carbonyl (C=O) groups is 3. The van der Waals surface area contributed by atoms with Crippen LogP contribution >= 0.6 is 0 Å². The molecule has 3 aliphatic rings. The molecule has 2 bridgehead atoms. The fraction of sp³-hybridized carbons (Fsp3) is 0.423. The number of nitrogens with zero attached hydrogens (tertiary/aromatic N) is 2. The van der Waals surface area contributed by atoms with Crippen molar-refractivity contribution < 1.29 is 23.9 Å². The number of nitrogens with one attached hydrogen (secondary N) is 1. The summed E-state index contributed by atoms with van der Waals surface area (Å²) in [5, 5.41) is 2.81. The van der Waals surface area contributed by atoms with Gasteiger partial charge in [-0.1, -0.05) is 24.6 Å². The Balaban J connectivity index is 1.23. The molecular weight excluding hydrogens is 434 g/mol. The van der Waals surface area contributed by atoms with Crippen molar-refractivity contribution in [1.29, 1.82) is 0 Å². The highest BCUT2D eigenvalue weighted by atomic mass is 16.6. The maximum absolute atomic E-state index is 12.9. The number of amides is 3.